The number of aromatic nitrogens is 2. The van der Waals surface area contributed by atoms with Gasteiger partial charge in [0.2, 0.25) is 5.91 Å². The normalized spacial score (nSPS) is 13.0. The van der Waals surface area contributed by atoms with E-state index in [1.165, 1.54) is 17.8 Å². The number of thioether (sulfide) groups is 1. The number of nitrogens with zero attached hydrogens (tertiary/aromatic N) is 1. The van der Waals surface area contributed by atoms with E-state index in [9.17, 15) is 29.1 Å². The lowest BCUT2D eigenvalue weighted by Gasteiger charge is -2.21. The summed E-state index contributed by atoms with van der Waals surface area (Å²) in [7, 11) is 0. The Balaban J connectivity index is 2.43. The van der Waals surface area contributed by atoms with Gasteiger partial charge in [0.05, 0.1) is 10.9 Å². The van der Waals surface area contributed by atoms with Crippen LogP contribution in [0, 0.1) is 0 Å². The number of para-hydroxylation sites is 1. The van der Waals surface area contributed by atoms with Gasteiger partial charge in [0.15, 0.2) is 0 Å². The molecular weight excluding hydrogens is 402 g/mol. The number of benzene rings is 1. The lowest BCUT2D eigenvalue weighted by atomic mass is 10.1. The molecule has 0 radical (unpaired) electrons. The van der Waals surface area contributed by atoms with Gasteiger partial charge in [0.25, 0.3) is 5.56 Å². The number of H-pyrrole nitrogens is 1. The van der Waals surface area contributed by atoms with E-state index in [1.807, 2.05) is 0 Å². The number of carbonyl (C=O) groups is 3. The molecule has 11 heteroatoms. The zero-order valence-corrected chi connectivity index (χ0v) is 16.4. The van der Waals surface area contributed by atoms with Crippen LogP contribution in [-0.4, -0.2) is 55.7 Å². The van der Waals surface area contributed by atoms with Crippen molar-refractivity contribution in [2.24, 2.45) is 0 Å². The SMILES string of the molecule is CSCCC(C(=O)NC(CCC(=O)O)C(=O)O)n1c(=O)[nH]c2ccccc2c1=O. The number of aliphatic carboxylic acids is 2. The molecule has 0 spiro atoms. The van der Waals surface area contributed by atoms with Gasteiger partial charge >= 0.3 is 17.6 Å². The summed E-state index contributed by atoms with van der Waals surface area (Å²) in [6.07, 6.45) is 1.12. The molecule has 2 rings (SSSR count). The second-order valence-corrected chi connectivity index (χ2v) is 7.27. The van der Waals surface area contributed by atoms with Crippen LogP contribution in [0.3, 0.4) is 0 Å². The van der Waals surface area contributed by atoms with Crippen molar-refractivity contribution in [3.63, 3.8) is 0 Å². The molecule has 156 valence electrons. The summed E-state index contributed by atoms with van der Waals surface area (Å²) in [5.41, 5.74) is -1.12. The van der Waals surface area contributed by atoms with Crippen LogP contribution in [0.1, 0.15) is 25.3 Å². The molecule has 1 amide bonds. The number of rotatable bonds is 10. The van der Waals surface area contributed by atoms with E-state index >= 15 is 0 Å². The molecule has 0 aliphatic heterocycles. The highest BCUT2D eigenvalue weighted by Crippen LogP contribution is 2.14. The van der Waals surface area contributed by atoms with E-state index in [0.29, 0.717) is 11.3 Å². The van der Waals surface area contributed by atoms with Crippen LogP contribution in [0.15, 0.2) is 33.9 Å². The lowest BCUT2D eigenvalue weighted by molar-refractivity contribution is -0.143. The first-order chi connectivity index (χ1) is 13.8. The molecule has 1 aromatic carbocycles. The molecule has 2 aromatic rings. The number of aromatic amines is 1. The van der Waals surface area contributed by atoms with E-state index in [4.69, 9.17) is 5.11 Å². The van der Waals surface area contributed by atoms with E-state index in [0.717, 1.165) is 4.57 Å². The summed E-state index contributed by atoms with van der Waals surface area (Å²) in [4.78, 5) is 62.8. The number of carbonyl (C=O) groups excluding carboxylic acids is 1. The molecule has 0 bridgehead atoms. The Kier molecular flexibility index (Phi) is 7.59. The smallest absolute Gasteiger partial charge is 0.329 e. The quantitative estimate of drug-likeness (QED) is 0.428. The van der Waals surface area contributed by atoms with Gasteiger partial charge in [0.1, 0.15) is 12.1 Å². The molecule has 2 unspecified atom stereocenters. The monoisotopic (exact) mass is 423 g/mol. The van der Waals surface area contributed by atoms with E-state index in [-0.39, 0.29) is 18.2 Å². The summed E-state index contributed by atoms with van der Waals surface area (Å²) in [5.74, 6) is -3.00. The molecule has 10 nitrogen and oxygen atoms in total. The molecular formula is C18H21N3O7S. The average molecular weight is 423 g/mol. The molecule has 1 heterocycles. The van der Waals surface area contributed by atoms with Gasteiger partial charge in [-0.15, -0.1) is 0 Å². The summed E-state index contributed by atoms with van der Waals surface area (Å²) in [6, 6.07) is 3.66. The third-order valence-corrected chi connectivity index (χ3v) is 4.95. The highest BCUT2D eigenvalue weighted by Gasteiger charge is 2.29. The Hall–Kier alpha value is -3.08. The topological polar surface area (TPSA) is 159 Å². The number of hydrogen-bond acceptors (Lipinski definition) is 6. The minimum absolute atomic E-state index is 0.111. The summed E-state index contributed by atoms with van der Waals surface area (Å²) >= 11 is 1.40. The van der Waals surface area contributed by atoms with Gasteiger partial charge in [-0.2, -0.15) is 11.8 Å². The highest BCUT2D eigenvalue weighted by molar-refractivity contribution is 7.98. The molecule has 29 heavy (non-hydrogen) atoms. The number of hydrogen-bond donors (Lipinski definition) is 4. The van der Waals surface area contributed by atoms with Crippen LogP contribution in [0.2, 0.25) is 0 Å². The predicted octanol–water partition coefficient (Wildman–Crippen LogP) is 0.418. The maximum atomic E-state index is 12.9. The number of amides is 1. The van der Waals surface area contributed by atoms with Crippen molar-refractivity contribution in [2.75, 3.05) is 12.0 Å². The number of carboxylic acid groups (broad SMARTS) is 2. The van der Waals surface area contributed by atoms with E-state index in [2.05, 4.69) is 10.3 Å². The van der Waals surface area contributed by atoms with Crippen LogP contribution in [0.4, 0.5) is 0 Å². The molecule has 4 N–H and O–H groups in total. The van der Waals surface area contributed by atoms with Crippen LogP contribution >= 0.6 is 11.8 Å². The molecule has 0 fully saturated rings. The maximum absolute atomic E-state index is 12.9. The Morgan fingerprint density at radius 1 is 1.17 bits per heavy atom. The second-order valence-electron chi connectivity index (χ2n) is 6.28. The minimum Gasteiger partial charge on any atom is -0.481 e. The van der Waals surface area contributed by atoms with Crippen LogP contribution < -0.4 is 16.6 Å². The Labute approximate surface area is 168 Å². The molecule has 0 aliphatic carbocycles. The van der Waals surface area contributed by atoms with E-state index in [1.54, 1.807) is 24.5 Å². The average Bonchev–Trinajstić information content (AvgIpc) is 2.67. The van der Waals surface area contributed by atoms with Crippen molar-refractivity contribution in [3.05, 3.63) is 45.1 Å². The summed E-state index contributed by atoms with van der Waals surface area (Å²) in [6.45, 7) is 0. The first kappa shape index (κ1) is 22.2. The molecule has 0 saturated carbocycles. The largest absolute Gasteiger partial charge is 0.481 e. The van der Waals surface area contributed by atoms with Crippen molar-refractivity contribution in [1.29, 1.82) is 0 Å². The minimum atomic E-state index is -1.45. The fourth-order valence-corrected chi connectivity index (χ4v) is 3.32. The fraction of sp³-hybridized carbons (Fsp3) is 0.389. The van der Waals surface area contributed by atoms with Gasteiger partial charge in [-0.1, -0.05) is 12.1 Å². The standard InChI is InChI=1S/C18H21N3O7S/c1-29-9-8-13(15(24)19-12(17(26)27)6-7-14(22)23)21-16(25)10-4-2-3-5-11(10)20-18(21)28/h2-5,12-13H,6-9H2,1H3,(H,19,24)(H,20,28)(H,22,23)(H,26,27). The molecule has 0 saturated heterocycles. The van der Waals surface area contributed by atoms with Crippen molar-refractivity contribution < 1.29 is 24.6 Å². The van der Waals surface area contributed by atoms with Gasteiger partial charge in [0, 0.05) is 6.42 Å². The highest BCUT2D eigenvalue weighted by atomic mass is 32.2. The van der Waals surface area contributed by atoms with Gasteiger partial charge < -0.3 is 20.5 Å². The molecule has 2 atom stereocenters. The summed E-state index contributed by atoms with van der Waals surface area (Å²) in [5, 5.41) is 20.5. The Morgan fingerprint density at radius 2 is 1.86 bits per heavy atom. The van der Waals surface area contributed by atoms with Crippen molar-refractivity contribution in [2.45, 2.75) is 31.3 Å². The Morgan fingerprint density at radius 3 is 2.48 bits per heavy atom. The van der Waals surface area contributed by atoms with Crippen molar-refractivity contribution in [1.82, 2.24) is 14.9 Å². The zero-order chi connectivity index (χ0) is 21.6. The second kappa shape index (κ2) is 9.92. The van der Waals surface area contributed by atoms with Crippen LogP contribution in [0.25, 0.3) is 10.9 Å². The molecule has 0 aliphatic rings. The number of carboxylic acids is 2. The van der Waals surface area contributed by atoms with Crippen LogP contribution in [0.5, 0.6) is 0 Å². The van der Waals surface area contributed by atoms with Gasteiger partial charge in [-0.25, -0.2) is 14.2 Å². The molecule has 1 aromatic heterocycles. The zero-order valence-electron chi connectivity index (χ0n) is 15.6. The first-order valence-electron chi connectivity index (χ1n) is 8.73. The third-order valence-electron chi connectivity index (χ3n) is 4.31. The number of nitrogens with one attached hydrogen (secondary N) is 2. The third kappa shape index (κ3) is 5.47. The fourth-order valence-electron chi connectivity index (χ4n) is 2.86. The predicted molar refractivity (Wildman–Crippen MR) is 107 cm³/mol. The Bertz CT molecular complexity index is 1030. The van der Waals surface area contributed by atoms with Crippen molar-refractivity contribution in [3.8, 4) is 0 Å². The van der Waals surface area contributed by atoms with Gasteiger partial charge in [-0.3, -0.25) is 14.4 Å². The summed E-state index contributed by atoms with van der Waals surface area (Å²) < 4.78 is 0.782. The first-order valence-corrected chi connectivity index (χ1v) is 10.1. The lowest BCUT2D eigenvalue weighted by Crippen LogP contribution is -2.49. The van der Waals surface area contributed by atoms with E-state index < -0.39 is 47.6 Å². The number of fused-ring (bicyclic) bond motifs is 1. The van der Waals surface area contributed by atoms with Crippen LogP contribution in [-0.2, 0) is 14.4 Å². The maximum Gasteiger partial charge on any atom is 0.329 e. The van der Waals surface area contributed by atoms with Crippen molar-refractivity contribution >= 4 is 40.5 Å². The van der Waals surface area contributed by atoms with Gasteiger partial charge in [-0.05, 0) is 37.0 Å².